The Morgan fingerprint density at radius 1 is 1.47 bits per heavy atom. The van der Waals surface area contributed by atoms with E-state index in [1.807, 2.05) is 6.92 Å². The molecule has 0 radical (unpaired) electrons. The van der Waals surface area contributed by atoms with E-state index in [1.54, 1.807) is 12.1 Å². The van der Waals surface area contributed by atoms with Crippen LogP contribution >= 0.6 is 12.6 Å². The first-order valence-corrected chi connectivity index (χ1v) is 5.96. The van der Waals surface area contributed by atoms with Crippen LogP contribution in [0.2, 0.25) is 0 Å². The van der Waals surface area contributed by atoms with Crippen LogP contribution in [0.4, 0.5) is 0 Å². The Hall–Kier alpha value is -1.04. The summed E-state index contributed by atoms with van der Waals surface area (Å²) in [7, 11) is 0. The van der Waals surface area contributed by atoms with Crippen molar-refractivity contribution in [3.63, 3.8) is 0 Å². The van der Waals surface area contributed by atoms with Crippen LogP contribution in [0.3, 0.4) is 0 Å². The number of carbonyl (C=O) groups excluding carboxylic acids is 1. The molecule has 1 aromatic carbocycles. The molecule has 0 aromatic heterocycles. The molecule has 0 aliphatic rings. The maximum Gasteiger partial charge on any atom is 0.153 e. The standard InChI is InChI=1S/C12H16O4S/c1-2-16-11-4-3-8(5-9(11)6-13)12(15)10(14)7-17/h3-6,10,12,14-15,17H,2,7H2,1H3. The van der Waals surface area contributed by atoms with Crippen molar-refractivity contribution < 1.29 is 19.7 Å². The Morgan fingerprint density at radius 3 is 2.71 bits per heavy atom. The Balaban J connectivity index is 3.00. The highest BCUT2D eigenvalue weighted by atomic mass is 32.1. The number of aliphatic hydroxyl groups is 2. The van der Waals surface area contributed by atoms with Gasteiger partial charge in [0.2, 0.25) is 0 Å². The van der Waals surface area contributed by atoms with Gasteiger partial charge in [-0.2, -0.15) is 12.6 Å². The van der Waals surface area contributed by atoms with Crippen molar-refractivity contribution in [2.45, 2.75) is 19.1 Å². The summed E-state index contributed by atoms with van der Waals surface area (Å²) in [6.07, 6.45) is -1.36. The van der Waals surface area contributed by atoms with Gasteiger partial charge in [0.1, 0.15) is 11.9 Å². The fourth-order valence-electron chi connectivity index (χ4n) is 1.45. The Morgan fingerprint density at radius 2 is 2.18 bits per heavy atom. The molecule has 2 atom stereocenters. The third-order valence-corrected chi connectivity index (χ3v) is 2.73. The molecule has 2 unspecified atom stereocenters. The SMILES string of the molecule is CCOc1ccc(C(O)C(O)CS)cc1C=O. The second-order valence-corrected chi connectivity index (χ2v) is 3.91. The van der Waals surface area contributed by atoms with Crippen molar-refractivity contribution in [1.82, 2.24) is 0 Å². The highest BCUT2D eigenvalue weighted by Gasteiger charge is 2.18. The average Bonchev–Trinajstić information content (AvgIpc) is 2.37. The zero-order chi connectivity index (χ0) is 12.8. The maximum atomic E-state index is 10.9. The van der Waals surface area contributed by atoms with E-state index in [0.717, 1.165) is 0 Å². The number of hydrogen-bond acceptors (Lipinski definition) is 5. The number of benzene rings is 1. The fourth-order valence-corrected chi connectivity index (χ4v) is 1.65. The van der Waals surface area contributed by atoms with Crippen molar-refractivity contribution in [2.24, 2.45) is 0 Å². The summed E-state index contributed by atoms with van der Waals surface area (Å²) < 4.78 is 5.26. The number of thiol groups is 1. The van der Waals surface area contributed by atoms with E-state index in [9.17, 15) is 15.0 Å². The molecule has 17 heavy (non-hydrogen) atoms. The molecule has 94 valence electrons. The largest absolute Gasteiger partial charge is 0.493 e. The molecule has 0 fully saturated rings. The van der Waals surface area contributed by atoms with E-state index in [-0.39, 0.29) is 5.75 Å². The monoisotopic (exact) mass is 256 g/mol. The van der Waals surface area contributed by atoms with Gasteiger partial charge >= 0.3 is 0 Å². The second-order valence-electron chi connectivity index (χ2n) is 3.54. The average molecular weight is 256 g/mol. The van der Waals surface area contributed by atoms with Gasteiger partial charge in [-0.05, 0) is 24.6 Å². The molecule has 1 rings (SSSR count). The normalized spacial score (nSPS) is 14.1. The Bertz CT molecular complexity index is 381. The maximum absolute atomic E-state index is 10.9. The van der Waals surface area contributed by atoms with Gasteiger partial charge < -0.3 is 14.9 Å². The summed E-state index contributed by atoms with van der Waals surface area (Å²) in [4.78, 5) is 10.9. The van der Waals surface area contributed by atoms with Gasteiger partial charge in [-0.25, -0.2) is 0 Å². The summed E-state index contributed by atoms with van der Waals surface area (Å²) in [6, 6.07) is 4.74. The minimum atomic E-state index is -1.05. The fraction of sp³-hybridized carbons (Fsp3) is 0.417. The van der Waals surface area contributed by atoms with Crippen molar-refractivity contribution in [3.8, 4) is 5.75 Å². The van der Waals surface area contributed by atoms with Gasteiger partial charge in [0, 0.05) is 5.75 Å². The molecule has 1 aromatic rings. The summed E-state index contributed by atoms with van der Waals surface area (Å²) in [5, 5.41) is 19.2. The summed E-state index contributed by atoms with van der Waals surface area (Å²) >= 11 is 3.90. The van der Waals surface area contributed by atoms with E-state index in [2.05, 4.69) is 12.6 Å². The van der Waals surface area contributed by atoms with Gasteiger partial charge in [-0.15, -0.1) is 0 Å². The predicted molar refractivity (Wildman–Crippen MR) is 67.8 cm³/mol. The van der Waals surface area contributed by atoms with Crippen LogP contribution in [0.15, 0.2) is 18.2 Å². The molecule has 2 N–H and O–H groups in total. The molecule has 0 spiro atoms. The lowest BCUT2D eigenvalue weighted by atomic mass is 10.0. The molecular formula is C12H16O4S. The van der Waals surface area contributed by atoms with Gasteiger partial charge in [-0.1, -0.05) is 6.07 Å². The molecule has 0 saturated carbocycles. The summed E-state index contributed by atoms with van der Waals surface area (Å²) in [6.45, 7) is 2.28. The zero-order valence-electron chi connectivity index (χ0n) is 9.54. The summed E-state index contributed by atoms with van der Waals surface area (Å²) in [5.74, 6) is 0.615. The van der Waals surface area contributed by atoms with Crippen LogP contribution in [-0.4, -0.2) is 35.0 Å². The molecular weight excluding hydrogens is 240 g/mol. The van der Waals surface area contributed by atoms with Crippen LogP contribution in [0.5, 0.6) is 5.75 Å². The molecule has 0 aliphatic carbocycles. The van der Waals surface area contributed by atoms with Crippen LogP contribution in [0.25, 0.3) is 0 Å². The molecule has 0 heterocycles. The Kier molecular flexibility index (Phi) is 5.47. The quantitative estimate of drug-likeness (QED) is 0.529. The minimum Gasteiger partial charge on any atom is -0.493 e. The summed E-state index contributed by atoms with van der Waals surface area (Å²) in [5.41, 5.74) is 0.826. The molecule has 5 heteroatoms. The van der Waals surface area contributed by atoms with E-state index < -0.39 is 12.2 Å². The highest BCUT2D eigenvalue weighted by molar-refractivity contribution is 7.80. The zero-order valence-corrected chi connectivity index (χ0v) is 10.4. The van der Waals surface area contributed by atoms with Gasteiger partial charge in [0.05, 0.1) is 18.3 Å². The minimum absolute atomic E-state index is 0.144. The van der Waals surface area contributed by atoms with Crippen molar-refractivity contribution in [3.05, 3.63) is 29.3 Å². The van der Waals surface area contributed by atoms with Crippen molar-refractivity contribution >= 4 is 18.9 Å². The lowest BCUT2D eigenvalue weighted by Crippen LogP contribution is -2.19. The number of rotatable bonds is 6. The third kappa shape index (κ3) is 3.46. The van der Waals surface area contributed by atoms with E-state index in [0.29, 0.717) is 29.8 Å². The molecule has 0 bridgehead atoms. The molecule has 0 aliphatic heterocycles. The first-order chi connectivity index (χ1) is 8.13. The topological polar surface area (TPSA) is 66.8 Å². The van der Waals surface area contributed by atoms with Gasteiger partial charge in [0.25, 0.3) is 0 Å². The first kappa shape index (κ1) is 14.0. The predicted octanol–water partition coefficient (Wildman–Crippen LogP) is 1.22. The van der Waals surface area contributed by atoms with Crippen LogP contribution < -0.4 is 4.74 Å². The number of aldehydes is 1. The lowest BCUT2D eigenvalue weighted by molar-refractivity contribution is 0.0337. The second kappa shape index (κ2) is 6.64. The number of ether oxygens (including phenoxy) is 1. The third-order valence-electron chi connectivity index (χ3n) is 2.35. The number of carbonyl (C=O) groups is 1. The van der Waals surface area contributed by atoms with Crippen molar-refractivity contribution in [1.29, 1.82) is 0 Å². The molecule has 0 amide bonds. The van der Waals surface area contributed by atoms with Gasteiger partial charge in [-0.3, -0.25) is 4.79 Å². The van der Waals surface area contributed by atoms with Crippen LogP contribution in [-0.2, 0) is 0 Å². The van der Waals surface area contributed by atoms with Crippen LogP contribution in [0, 0.1) is 0 Å². The lowest BCUT2D eigenvalue weighted by Gasteiger charge is -2.17. The smallest absolute Gasteiger partial charge is 0.153 e. The van der Waals surface area contributed by atoms with Crippen molar-refractivity contribution in [2.75, 3.05) is 12.4 Å². The molecule has 4 nitrogen and oxygen atoms in total. The van der Waals surface area contributed by atoms with Crippen LogP contribution in [0.1, 0.15) is 28.9 Å². The Labute approximate surface area is 106 Å². The highest BCUT2D eigenvalue weighted by Crippen LogP contribution is 2.24. The van der Waals surface area contributed by atoms with E-state index in [1.165, 1.54) is 6.07 Å². The number of hydrogen-bond donors (Lipinski definition) is 3. The van der Waals surface area contributed by atoms with E-state index >= 15 is 0 Å². The first-order valence-electron chi connectivity index (χ1n) is 5.33. The van der Waals surface area contributed by atoms with E-state index in [4.69, 9.17) is 4.74 Å². The molecule has 0 saturated heterocycles. The number of aliphatic hydroxyl groups excluding tert-OH is 2. The van der Waals surface area contributed by atoms with Gasteiger partial charge in [0.15, 0.2) is 6.29 Å².